The van der Waals surface area contributed by atoms with Gasteiger partial charge in [-0.05, 0) is 18.2 Å². The van der Waals surface area contributed by atoms with Crippen molar-refractivity contribution in [2.75, 3.05) is 4.90 Å². The molecule has 0 aliphatic rings. The molecule has 17 heavy (non-hydrogen) atoms. The van der Waals surface area contributed by atoms with Crippen LogP contribution in [0.1, 0.15) is 0 Å². The fourth-order valence-corrected chi connectivity index (χ4v) is 1.57. The summed E-state index contributed by atoms with van der Waals surface area (Å²) < 4.78 is 73.8. The first-order valence-corrected chi connectivity index (χ1v) is 4.68. The van der Waals surface area contributed by atoms with Crippen LogP contribution in [0.25, 0.3) is 0 Å². The van der Waals surface area contributed by atoms with Crippen molar-refractivity contribution in [1.82, 2.24) is 0 Å². The van der Waals surface area contributed by atoms with Gasteiger partial charge >= 0.3 is 12.6 Å². The van der Waals surface area contributed by atoms with Crippen molar-refractivity contribution < 1.29 is 26.3 Å². The van der Waals surface area contributed by atoms with Crippen LogP contribution in [-0.2, 0) is 0 Å². The number of rotatable bonds is 1. The largest absolute Gasteiger partial charge is 0.491 e. The average Bonchev–Trinajstić information content (AvgIpc) is 2.04. The van der Waals surface area contributed by atoms with Crippen LogP contribution in [0.4, 0.5) is 32.0 Å². The number of hydrogen-bond acceptors (Lipinski definition) is 1. The molecule has 0 atom stereocenters. The van der Waals surface area contributed by atoms with E-state index in [2.05, 4.69) is 0 Å². The lowest BCUT2D eigenvalue weighted by Crippen LogP contribution is -2.48. The van der Waals surface area contributed by atoms with Gasteiger partial charge in [0.2, 0.25) is 0 Å². The summed E-state index contributed by atoms with van der Waals surface area (Å²) in [4.78, 5) is -1.68. The van der Waals surface area contributed by atoms with Gasteiger partial charge in [-0.3, -0.25) is 0 Å². The van der Waals surface area contributed by atoms with Crippen molar-refractivity contribution in [2.45, 2.75) is 12.6 Å². The minimum absolute atomic E-state index is 0.0666. The summed E-state index contributed by atoms with van der Waals surface area (Å²) in [5.41, 5.74) is -1.23. The average molecular weight is 298 g/mol. The van der Waals surface area contributed by atoms with Crippen LogP contribution >= 0.6 is 23.2 Å². The van der Waals surface area contributed by atoms with Gasteiger partial charge < -0.3 is 0 Å². The van der Waals surface area contributed by atoms with Crippen LogP contribution in [0.5, 0.6) is 0 Å². The summed E-state index contributed by atoms with van der Waals surface area (Å²) >= 11 is 10.7. The molecule has 0 aliphatic heterocycles. The Labute approximate surface area is 102 Å². The fourth-order valence-electron chi connectivity index (χ4n) is 1.08. The molecule has 0 radical (unpaired) electrons. The van der Waals surface area contributed by atoms with Gasteiger partial charge in [0.1, 0.15) is 0 Å². The highest BCUT2D eigenvalue weighted by Crippen LogP contribution is 2.42. The summed E-state index contributed by atoms with van der Waals surface area (Å²) in [5, 5.41) is -0.810. The first-order chi connectivity index (χ1) is 7.53. The van der Waals surface area contributed by atoms with E-state index in [-0.39, 0.29) is 5.02 Å². The van der Waals surface area contributed by atoms with E-state index >= 15 is 0 Å². The number of benzene rings is 1. The van der Waals surface area contributed by atoms with Crippen LogP contribution in [0.3, 0.4) is 0 Å². The molecule has 1 rings (SSSR count). The van der Waals surface area contributed by atoms with Gasteiger partial charge in [-0.1, -0.05) is 23.2 Å². The minimum Gasteiger partial charge on any atom is -0.192 e. The third-order valence-electron chi connectivity index (χ3n) is 1.66. The third kappa shape index (κ3) is 3.32. The van der Waals surface area contributed by atoms with E-state index in [0.717, 1.165) is 12.1 Å². The minimum atomic E-state index is -5.63. The SMILES string of the molecule is FC(F)(F)N(c1ccc(Cl)cc1Cl)C(F)(F)F. The molecule has 0 fully saturated rings. The second-order valence-corrected chi connectivity index (χ2v) is 3.71. The zero-order valence-electron chi connectivity index (χ0n) is 7.70. The molecular formula is C8H3Cl2F6N. The Hall–Kier alpha value is -0.820. The molecule has 0 bridgehead atoms. The van der Waals surface area contributed by atoms with Gasteiger partial charge in [-0.2, -0.15) is 4.90 Å². The quantitative estimate of drug-likeness (QED) is 0.529. The van der Waals surface area contributed by atoms with Crippen LogP contribution in [0.2, 0.25) is 10.0 Å². The fraction of sp³-hybridized carbons (Fsp3) is 0.250. The van der Waals surface area contributed by atoms with Gasteiger partial charge in [0.25, 0.3) is 0 Å². The molecule has 1 aromatic rings. The Morgan fingerprint density at radius 1 is 0.882 bits per heavy atom. The Morgan fingerprint density at radius 2 is 1.35 bits per heavy atom. The second kappa shape index (κ2) is 4.45. The molecule has 0 saturated heterocycles. The van der Waals surface area contributed by atoms with E-state index in [4.69, 9.17) is 23.2 Å². The summed E-state index contributed by atoms with van der Waals surface area (Å²) in [7, 11) is 0. The Balaban J connectivity index is 3.34. The zero-order valence-corrected chi connectivity index (χ0v) is 9.21. The van der Waals surface area contributed by atoms with Crippen molar-refractivity contribution in [3.63, 3.8) is 0 Å². The van der Waals surface area contributed by atoms with Crippen LogP contribution in [0.15, 0.2) is 18.2 Å². The van der Waals surface area contributed by atoms with E-state index in [9.17, 15) is 26.3 Å². The Morgan fingerprint density at radius 3 is 1.71 bits per heavy atom. The maximum Gasteiger partial charge on any atom is 0.491 e. The molecule has 0 spiro atoms. The second-order valence-electron chi connectivity index (χ2n) is 2.87. The summed E-state index contributed by atoms with van der Waals surface area (Å²) in [6, 6.07) is 2.22. The van der Waals surface area contributed by atoms with Crippen LogP contribution in [-0.4, -0.2) is 12.6 Å². The predicted molar refractivity (Wildman–Crippen MR) is 51.1 cm³/mol. The topological polar surface area (TPSA) is 3.24 Å². The molecule has 0 amide bonds. The molecule has 96 valence electrons. The standard InChI is InChI=1S/C8H3Cl2F6N/c9-4-1-2-6(5(10)3-4)17(7(11,12)13)8(14,15)16/h1-3H. The monoisotopic (exact) mass is 297 g/mol. The van der Waals surface area contributed by atoms with E-state index in [0.29, 0.717) is 6.07 Å². The van der Waals surface area contributed by atoms with Crippen molar-refractivity contribution in [3.8, 4) is 0 Å². The van der Waals surface area contributed by atoms with E-state index in [1.807, 2.05) is 0 Å². The lowest BCUT2D eigenvalue weighted by molar-refractivity contribution is -0.226. The van der Waals surface area contributed by atoms with E-state index in [1.54, 1.807) is 0 Å². The molecule has 0 unspecified atom stereocenters. The van der Waals surface area contributed by atoms with Crippen LogP contribution < -0.4 is 4.90 Å². The molecule has 9 heteroatoms. The highest BCUT2D eigenvalue weighted by atomic mass is 35.5. The lowest BCUT2D eigenvalue weighted by atomic mass is 10.3. The number of halogens is 8. The number of anilines is 1. The summed E-state index contributed by atoms with van der Waals surface area (Å²) in [6.07, 6.45) is -11.3. The first-order valence-electron chi connectivity index (χ1n) is 3.92. The molecule has 1 nitrogen and oxygen atoms in total. The molecular weight excluding hydrogens is 295 g/mol. The molecule has 0 N–H and O–H groups in total. The van der Waals surface area contributed by atoms with Gasteiger partial charge in [0.05, 0.1) is 10.7 Å². The molecule has 0 aliphatic carbocycles. The Kier molecular flexibility index (Phi) is 3.73. The molecule has 0 aromatic heterocycles. The predicted octanol–water partition coefficient (Wildman–Crippen LogP) is 4.84. The Bertz CT molecular complexity index is 399. The summed E-state index contributed by atoms with van der Waals surface area (Å²) in [5.74, 6) is 0. The van der Waals surface area contributed by atoms with Crippen molar-refractivity contribution >= 4 is 28.9 Å². The van der Waals surface area contributed by atoms with Gasteiger partial charge in [-0.25, -0.2) is 0 Å². The number of hydrogen-bond donors (Lipinski definition) is 0. The van der Waals surface area contributed by atoms with Gasteiger partial charge in [-0.15, -0.1) is 26.3 Å². The smallest absolute Gasteiger partial charge is 0.192 e. The third-order valence-corrected chi connectivity index (χ3v) is 2.20. The number of alkyl halides is 6. The molecule has 0 heterocycles. The highest BCUT2D eigenvalue weighted by Gasteiger charge is 2.54. The molecule has 1 aromatic carbocycles. The summed E-state index contributed by atoms with van der Waals surface area (Å²) in [6.45, 7) is 0. The van der Waals surface area contributed by atoms with Crippen molar-refractivity contribution in [2.24, 2.45) is 0 Å². The van der Waals surface area contributed by atoms with Gasteiger partial charge in [0.15, 0.2) is 0 Å². The maximum absolute atomic E-state index is 12.3. The lowest BCUT2D eigenvalue weighted by Gasteiger charge is -2.29. The van der Waals surface area contributed by atoms with E-state index < -0.39 is 28.2 Å². The first kappa shape index (κ1) is 14.2. The maximum atomic E-state index is 12.3. The van der Waals surface area contributed by atoms with Gasteiger partial charge in [0, 0.05) is 5.02 Å². The van der Waals surface area contributed by atoms with Crippen LogP contribution in [0, 0.1) is 0 Å². The highest BCUT2D eigenvalue weighted by molar-refractivity contribution is 6.36. The van der Waals surface area contributed by atoms with Crippen molar-refractivity contribution in [1.29, 1.82) is 0 Å². The normalized spacial score (nSPS) is 12.7. The van der Waals surface area contributed by atoms with E-state index in [1.165, 1.54) is 0 Å². The molecule has 0 saturated carbocycles. The number of nitrogens with zero attached hydrogens (tertiary/aromatic N) is 1. The zero-order chi connectivity index (χ0) is 13.4. The van der Waals surface area contributed by atoms with Crippen molar-refractivity contribution in [3.05, 3.63) is 28.2 Å².